The van der Waals surface area contributed by atoms with Gasteiger partial charge in [0.2, 0.25) is 11.8 Å². The Balaban J connectivity index is 0.00000164. The number of carbonyl (C=O) groups is 3. The smallest absolute Gasteiger partial charge is 0.256 e. The van der Waals surface area contributed by atoms with Gasteiger partial charge in [0.1, 0.15) is 24.2 Å². The Morgan fingerprint density at radius 2 is 1.82 bits per heavy atom. The molecule has 11 heteroatoms. The summed E-state index contributed by atoms with van der Waals surface area (Å²) in [5.41, 5.74) is 0.763. The summed E-state index contributed by atoms with van der Waals surface area (Å²) in [4.78, 5) is 39.5. The third-order valence-electron chi connectivity index (χ3n) is 6.81. The van der Waals surface area contributed by atoms with Crippen molar-refractivity contribution in [2.75, 3.05) is 26.3 Å². The molecule has 3 heterocycles. The Hall–Kier alpha value is -3.38. The lowest BCUT2D eigenvalue weighted by atomic mass is 10.0. The number of amides is 3. The number of aliphatic hydroxyl groups is 2. The van der Waals surface area contributed by atoms with Gasteiger partial charge in [-0.15, -0.1) is 0 Å². The molecule has 204 valence electrons. The number of imide groups is 1. The summed E-state index contributed by atoms with van der Waals surface area (Å²) in [7, 11) is 0. The van der Waals surface area contributed by atoms with E-state index in [4.69, 9.17) is 9.47 Å². The highest BCUT2D eigenvalue weighted by Gasteiger charge is 2.41. The SMILES string of the molecule is CC.O=C1CCC(N2Cc3c(OCc4cccc(C(O)(O)N5CCOCC5)c4F)cccc3C2=O)C(=O)N1. The number of rotatable bonds is 6. The van der Waals surface area contributed by atoms with E-state index in [1.165, 1.54) is 28.0 Å². The van der Waals surface area contributed by atoms with Gasteiger partial charge in [-0.1, -0.05) is 32.0 Å². The number of morpholine rings is 1. The van der Waals surface area contributed by atoms with Crippen LogP contribution in [0, 0.1) is 5.82 Å². The van der Waals surface area contributed by atoms with Gasteiger partial charge in [-0.05, 0) is 24.6 Å². The molecule has 0 radical (unpaired) electrons. The predicted molar refractivity (Wildman–Crippen MR) is 133 cm³/mol. The number of halogens is 1. The average Bonchev–Trinajstić information content (AvgIpc) is 3.26. The van der Waals surface area contributed by atoms with Crippen molar-refractivity contribution in [2.24, 2.45) is 0 Å². The molecule has 3 amide bonds. The molecule has 2 aromatic rings. The fourth-order valence-electron chi connectivity index (χ4n) is 4.84. The molecule has 0 aromatic heterocycles. The van der Waals surface area contributed by atoms with Gasteiger partial charge in [0.05, 0.1) is 25.3 Å². The van der Waals surface area contributed by atoms with Crippen LogP contribution in [0.4, 0.5) is 4.39 Å². The third kappa shape index (κ3) is 5.28. The summed E-state index contributed by atoms with van der Waals surface area (Å²) in [6.45, 7) is 4.98. The van der Waals surface area contributed by atoms with Crippen LogP contribution >= 0.6 is 0 Å². The standard InChI is InChI=1S/C25H26FN3O7.C2H6/c26-22-15(3-1-5-18(22)25(33,34)28-9-11-35-12-10-28)14-36-20-6-2-4-16-17(20)13-29(24(16)32)19-7-8-21(30)27-23(19)31;1-2/h1-6,19,33-34H,7-14H2,(H,27,30,31);1-2H3. The zero-order valence-electron chi connectivity index (χ0n) is 21.4. The van der Waals surface area contributed by atoms with Crippen LogP contribution in [0.3, 0.4) is 0 Å². The van der Waals surface area contributed by atoms with Crippen LogP contribution in [0.2, 0.25) is 0 Å². The molecule has 0 aliphatic carbocycles. The summed E-state index contributed by atoms with van der Waals surface area (Å²) in [5, 5.41) is 23.7. The second-order valence-corrected chi connectivity index (χ2v) is 8.98. The first-order valence-electron chi connectivity index (χ1n) is 12.7. The first kappa shape index (κ1) is 27.6. The number of nitrogens with one attached hydrogen (secondary N) is 1. The minimum Gasteiger partial charge on any atom is -0.488 e. The van der Waals surface area contributed by atoms with Crippen molar-refractivity contribution in [3.8, 4) is 5.75 Å². The van der Waals surface area contributed by atoms with E-state index in [-0.39, 0.29) is 62.0 Å². The number of benzene rings is 2. The lowest BCUT2D eigenvalue weighted by Gasteiger charge is -2.37. The number of ether oxygens (including phenoxy) is 2. The van der Waals surface area contributed by atoms with Crippen molar-refractivity contribution in [1.82, 2.24) is 15.1 Å². The minimum atomic E-state index is -2.51. The molecule has 10 nitrogen and oxygen atoms in total. The quantitative estimate of drug-likeness (QED) is 0.381. The maximum Gasteiger partial charge on any atom is 0.256 e. The molecule has 3 aliphatic rings. The van der Waals surface area contributed by atoms with Gasteiger partial charge in [0.25, 0.3) is 11.8 Å². The molecule has 0 bridgehead atoms. The molecule has 3 N–H and O–H groups in total. The van der Waals surface area contributed by atoms with Gasteiger partial charge in [0.15, 0.2) is 0 Å². The normalized spacial score (nSPS) is 20.0. The van der Waals surface area contributed by atoms with E-state index in [0.717, 1.165) is 0 Å². The van der Waals surface area contributed by atoms with Crippen LogP contribution in [0.25, 0.3) is 0 Å². The summed E-state index contributed by atoms with van der Waals surface area (Å²) in [6, 6.07) is 8.47. The summed E-state index contributed by atoms with van der Waals surface area (Å²) >= 11 is 0. The molecular formula is C27H32FN3O7. The average molecular weight is 530 g/mol. The van der Waals surface area contributed by atoms with Gasteiger partial charge >= 0.3 is 0 Å². The molecule has 0 spiro atoms. The Labute approximate surface area is 219 Å². The topological polar surface area (TPSA) is 129 Å². The largest absolute Gasteiger partial charge is 0.488 e. The highest BCUT2D eigenvalue weighted by Crippen LogP contribution is 2.34. The zero-order chi connectivity index (χ0) is 27.4. The molecule has 2 fully saturated rings. The Morgan fingerprint density at radius 1 is 1.11 bits per heavy atom. The fraction of sp³-hybridized carbons (Fsp3) is 0.444. The monoisotopic (exact) mass is 529 g/mol. The second-order valence-electron chi connectivity index (χ2n) is 8.98. The molecule has 1 unspecified atom stereocenters. The molecule has 0 saturated carbocycles. The molecule has 38 heavy (non-hydrogen) atoms. The summed E-state index contributed by atoms with van der Waals surface area (Å²) in [6.07, 6.45) is 0.392. The van der Waals surface area contributed by atoms with Crippen LogP contribution < -0.4 is 10.1 Å². The van der Waals surface area contributed by atoms with E-state index >= 15 is 4.39 Å². The van der Waals surface area contributed by atoms with Crippen molar-refractivity contribution in [1.29, 1.82) is 0 Å². The number of nitrogens with zero attached hydrogens (tertiary/aromatic N) is 2. The van der Waals surface area contributed by atoms with E-state index in [1.807, 2.05) is 13.8 Å². The number of piperidine rings is 1. The highest BCUT2D eigenvalue weighted by atomic mass is 19.1. The lowest BCUT2D eigenvalue weighted by Crippen LogP contribution is -2.52. The van der Waals surface area contributed by atoms with Gasteiger partial charge in [-0.25, -0.2) is 9.29 Å². The number of hydrogen-bond acceptors (Lipinski definition) is 8. The van der Waals surface area contributed by atoms with Crippen LogP contribution in [0.5, 0.6) is 5.75 Å². The number of fused-ring (bicyclic) bond motifs is 1. The molecule has 5 rings (SSSR count). The maximum atomic E-state index is 15.3. The molecule has 2 saturated heterocycles. The highest BCUT2D eigenvalue weighted by molar-refractivity contribution is 6.05. The van der Waals surface area contributed by atoms with Crippen molar-refractivity contribution >= 4 is 17.7 Å². The van der Waals surface area contributed by atoms with Gasteiger partial charge in [-0.3, -0.25) is 19.7 Å². The Kier molecular flexibility index (Phi) is 8.41. The van der Waals surface area contributed by atoms with E-state index in [0.29, 0.717) is 30.1 Å². The van der Waals surface area contributed by atoms with Crippen LogP contribution in [0.1, 0.15) is 53.7 Å². The van der Waals surface area contributed by atoms with Crippen molar-refractivity contribution < 1.29 is 38.5 Å². The van der Waals surface area contributed by atoms with Crippen LogP contribution in [-0.2, 0) is 33.4 Å². The van der Waals surface area contributed by atoms with Crippen LogP contribution in [0.15, 0.2) is 36.4 Å². The molecular weight excluding hydrogens is 497 g/mol. The molecule has 3 aliphatic heterocycles. The predicted octanol–water partition coefficient (Wildman–Crippen LogP) is 1.62. The zero-order valence-corrected chi connectivity index (χ0v) is 21.4. The van der Waals surface area contributed by atoms with E-state index in [2.05, 4.69) is 5.32 Å². The third-order valence-corrected chi connectivity index (χ3v) is 6.81. The molecule has 1 atom stereocenters. The summed E-state index contributed by atoms with van der Waals surface area (Å²) < 4.78 is 26.5. The maximum absolute atomic E-state index is 15.3. The van der Waals surface area contributed by atoms with E-state index in [1.54, 1.807) is 18.2 Å². The summed E-state index contributed by atoms with van der Waals surface area (Å²) in [5.74, 6) is -4.17. The van der Waals surface area contributed by atoms with Gasteiger partial charge in [-0.2, -0.15) is 0 Å². The first-order chi connectivity index (χ1) is 18.3. The van der Waals surface area contributed by atoms with Crippen molar-refractivity contribution in [3.63, 3.8) is 0 Å². The second kappa shape index (κ2) is 11.6. The van der Waals surface area contributed by atoms with Gasteiger partial charge in [0, 0.05) is 36.2 Å². The van der Waals surface area contributed by atoms with Crippen molar-refractivity contribution in [2.45, 2.75) is 51.8 Å². The molecule has 2 aromatic carbocycles. The number of carbonyl (C=O) groups excluding carboxylic acids is 3. The number of hydrogen-bond donors (Lipinski definition) is 3. The van der Waals surface area contributed by atoms with Crippen molar-refractivity contribution in [3.05, 3.63) is 64.5 Å². The Bertz CT molecular complexity index is 1210. The minimum absolute atomic E-state index is 0.109. The fourth-order valence-corrected chi connectivity index (χ4v) is 4.84. The van der Waals surface area contributed by atoms with E-state index < -0.39 is 23.7 Å². The van der Waals surface area contributed by atoms with Crippen LogP contribution in [-0.4, -0.2) is 70.1 Å². The van der Waals surface area contributed by atoms with E-state index in [9.17, 15) is 24.6 Å². The lowest BCUT2D eigenvalue weighted by molar-refractivity contribution is -0.288. The van der Waals surface area contributed by atoms with Gasteiger partial charge < -0.3 is 24.6 Å². The first-order valence-corrected chi connectivity index (χ1v) is 12.7. The Morgan fingerprint density at radius 3 is 2.53 bits per heavy atom.